The zero-order valence-corrected chi connectivity index (χ0v) is 10.1. The Labute approximate surface area is 101 Å². The summed E-state index contributed by atoms with van der Waals surface area (Å²) in [7, 11) is 0. The minimum atomic E-state index is -0.302. The first kappa shape index (κ1) is 11.9. The summed E-state index contributed by atoms with van der Waals surface area (Å²) in [5, 5.41) is 0. The fourth-order valence-corrected chi connectivity index (χ4v) is 1.99. The third kappa shape index (κ3) is 2.58. The van der Waals surface area contributed by atoms with Crippen LogP contribution in [0.25, 0.3) is 0 Å². The molecule has 1 aliphatic rings. The van der Waals surface area contributed by atoms with Gasteiger partial charge in [-0.05, 0) is 24.1 Å². The number of rotatable bonds is 4. The predicted molar refractivity (Wildman–Crippen MR) is 67.1 cm³/mol. The second-order valence-corrected chi connectivity index (χ2v) is 4.27. The molecule has 92 valence electrons. The van der Waals surface area contributed by atoms with E-state index in [1.165, 1.54) is 5.56 Å². The number of anilines is 1. The number of ether oxygens (including phenoxy) is 1. The first-order valence-corrected chi connectivity index (χ1v) is 6.01. The Morgan fingerprint density at radius 3 is 2.65 bits per heavy atom. The molecule has 4 nitrogen and oxygen atoms in total. The monoisotopic (exact) mass is 234 g/mol. The van der Waals surface area contributed by atoms with Crippen LogP contribution in [0.3, 0.4) is 0 Å². The van der Waals surface area contributed by atoms with E-state index in [-0.39, 0.29) is 12.2 Å². The summed E-state index contributed by atoms with van der Waals surface area (Å²) in [5.74, 6) is 0. The molecule has 17 heavy (non-hydrogen) atoms. The molecule has 0 spiro atoms. The van der Waals surface area contributed by atoms with E-state index >= 15 is 0 Å². The molecule has 4 heteroatoms. The summed E-state index contributed by atoms with van der Waals surface area (Å²) in [6.07, 6.45) is 1.71. The van der Waals surface area contributed by atoms with Crippen molar-refractivity contribution in [3.8, 4) is 0 Å². The third-order valence-corrected chi connectivity index (χ3v) is 2.92. The first-order chi connectivity index (χ1) is 8.24. The number of hydrogen-bond acceptors (Lipinski definition) is 3. The SMILES string of the molecule is CCCc1ccc(N2CC(CN)OC2=O)cc1. The maximum absolute atomic E-state index is 11.6. The molecule has 2 N–H and O–H groups in total. The minimum absolute atomic E-state index is 0.183. The van der Waals surface area contributed by atoms with Gasteiger partial charge in [0.2, 0.25) is 0 Å². The number of carbonyl (C=O) groups excluding carboxylic acids is 1. The highest BCUT2D eigenvalue weighted by Crippen LogP contribution is 2.22. The van der Waals surface area contributed by atoms with Gasteiger partial charge in [0.15, 0.2) is 0 Å². The van der Waals surface area contributed by atoms with Gasteiger partial charge in [-0.3, -0.25) is 4.90 Å². The van der Waals surface area contributed by atoms with Crippen molar-refractivity contribution in [3.05, 3.63) is 29.8 Å². The number of amides is 1. The third-order valence-electron chi connectivity index (χ3n) is 2.92. The maximum Gasteiger partial charge on any atom is 0.414 e. The molecule has 1 atom stereocenters. The zero-order valence-electron chi connectivity index (χ0n) is 10.1. The number of nitrogens with two attached hydrogens (primary N) is 1. The number of carbonyl (C=O) groups is 1. The fourth-order valence-electron chi connectivity index (χ4n) is 1.99. The van der Waals surface area contributed by atoms with Crippen molar-refractivity contribution >= 4 is 11.8 Å². The van der Waals surface area contributed by atoms with Gasteiger partial charge in [-0.1, -0.05) is 25.5 Å². The van der Waals surface area contributed by atoms with Crippen LogP contribution >= 0.6 is 0 Å². The van der Waals surface area contributed by atoms with E-state index in [1.54, 1.807) is 4.90 Å². The summed E-state index contributed by atoms with van der Waals surface area (Å²) in [5.41, 5.74) is 7.67. The number of benzene rings is 1. The highest BCUT2D eigenvalue weighted by Gasteiger charge is 2.31. The average Bonchev–Trinajstić information content (AvgIpc) is 2.72. The summed E-state index contributed by atoms with van der Waals surface area (Å²) in [6, 6.07) is 8.04. The Kier molecular flexibility index (Phi) is 3.64. The van der Waals surface area contributed by atoms with Crippen molar-refractivity contribution in [1.82, 2.24) is 0 Å². The number of nitrogens with zero attached hydrogens (tertiary/aromatic N) is 1. The molecule has 0 aliphatic carbocycles. The van der Waals surface area contributed by atoms with Crippen LogP contribution in [0.15, 0.2) is 24.3 Å². The summed E-state index contributed by atoms with van der Waals surface area (Å²) in [6.45, 7) is 3.07. The molecule has 1 aliphatic heterocycles. The Bertz CT molecular complexity index is 389. The number of hydrogen-bond donors (Lipinski definition) is 1. The second-order valence-electron chi connectivity index (χ2n) is 4.27. The predicted octanol–water partition coefficient (Wildman–Crippen LogP) is 1.92. The Hall–Kier alpha value is -1.55. The molecule has 1 aromatic rings. The summed E-state index contributed by atoms with van der Waals surface area (Å²) in [4.78, 5) is 13.2. The van der Waals surface area contributed by atoms with E-state index < -0.39 is 0 Å². The Morgan fingerprint density at radius 1 is 1.41 bits per heavy atom. The van der Waals surface area contributed by atoms with Crippen LogP contribution in [0.5, 0.6) is 0 Å². The maximum atomic E-state index is 11.6. The van der Waals surface area contributed by atoms with Crippen molar-refractivity contribution in [2.24, 2.45) is 5.73 Å². The van der Waals surface area contributed by atoms with E-state index in [4.69, 9.17) is 10.5 Å². The largest absolute Gasteiger partial charge is 0.443 e. The van der Waals surface area contributed by atoms with Gasteiger partial charge in [0.05, 0.1) is 6.54 Å². The van der Waals surface area contributed by atoms with Crippen molar-refractivity contribution in [3.63, 3.8) is 0 Å². The highest BCUT2D eigenvalue weighted by atomic mass is 16.6. The molecule has 0 bridgehead atoms. The molecule has 1 saturated heterocycles. The lowest BCUT2D eigenvalue weighted by Crippen LogP contribution is -2.27. The molecule has 0 saturated carbocycles. The van der Waals surface area contributed by atoms with E-state index in [0.29, 0.717) is 13.1 Å². The normalized spacial score (nSPS) is 19.5. The van der Waals surface area contributed by atoms with Gasteiger partial charge in [0.25, 0.3) is 0 Å². The molecule has 1 fully saturated rings. The highest BCUT2D eigenvalue weighted by molar-refractivity contribution is 5.89. The van der Waals surface area contributed by atoms with E-state index in [2.05, 4.69) is 19.1 Å². The standard InChI is InChI=1S/C13H18N2O2/c1-2-3-10-4-6-11(7-5-10)15-9-12(8-14)17-13(15)16/h4-7,12H,2-3,8-9,14H2,1H3. The summed E-state index contributed by atoms with van der Waals surface area (Å²) < 4.78 is 5.12. The van der Waals surface area contributed by atoms with Crippen molar-refractivity contribution in [2.75, 3.05) is 18.0 Å². The molecule has 1 heterocycles. The quantitative estimate of drug-likeness (QED) is 0.866. The lowest BCUT2D eigenvalue weighted by Gasteiger charge is -2.13. The lowest BCUT2D eigenvalue weighted by molar-refractivity contribution is 0.145. The van der Waals surface area contributed by atoms with Crippen molar-refractivity contribution < 1.29 is 9.53 Å². The van der Waals surface area contributed by atoms with Crippen LogP contribution in [0.1, 0.15) is 18.9 Å². The van der Waals surface area contributed by atoms with Crippen LogP contribution < -0.4 is 10.6 Å². The van der Waals surface area contributed by atoms with Crippen molar-refractivity contribution in [1.29, 1.82) is 0 Å². The molecule has 0 aromatic heterocycles. The van der Waals surface area contributed by atoms with Gasteiger partial charge in [-0.25, -0.2) is 4.79 Å². The van der Waals surface area contributed by atoms with Crippen LogP contribution in [0, 0.1) is 0 Å². The number of aryl methyl sites for hydroxylation is 1. The number of cyclic esters (lactones) is 1. The molecule has 2 rings (SSSR count). The van der Waals surface area contributed by atoms with Gasteiger partial charge < -0.3 is 10.5 Å². The minimum Gasteiger partial charge on any atom is -0.443 e. The van der Waals surface area contributed by atoms with Gasteiger partial charge in [0.1, 0.15) is 6.10 Å². The van der Waals surface area contributed by atoms with E-state index in [9.17, 15) is 4.79 Å². The molecule has 1 unspecified atom stereocenters. The van der Waals surface area contributed by atoms with Crippen LogP contribution in [0.2, 0.25) is 0 Å². The molecular formula is C13H18N2O2. The van der Waals surface area contributed by atoms with Gasteiger partial charge in [-0.15, -0.1) is 0 Å². The second kappa shape index (κ2) is 5.19. The van der Waals surface area contributed by atoms with Crippen LogP contribution in [-0.2, 0) is 11.2 Å². The van der Waals surface area contributed by atoms with E-state index in [0.717, 1.165) is 18.5 Å². The Morgan fingerprint density at radius 2 is 2.12 bits per heavy atom. The smallest absolute Gasteiger partial charge is 0.414 e. The van der Waals surface area contributed by atoms with Gasteiger partial charge in [0, 0.05) is 12.2 Å². The van der Waals surface area contributed by atoms with E-state index in [1.807, 2.05) is 12.1 Å². The molecular weight excluding hydrogens is 216 g/mol. The van der Waals surface area contributed by atoms with Crippen LogP contribution in [0.4, 0.5) is 10.5 Å². The fraction of sp³-hybridized carbons (Fsp3) is 0.462. The van der Waals surface area contributed by atoms with Crippen LogP contribution in [-0.4, -0.2) is 25.3 Å². The van der Waals surface area contributed by atoms with Crippen molar-refractivity contribution in [2.45, 2.75) is 25.9 Å². The molecule has 0 radical (unpaired) electrons. The Balaban J connectivity index is 2.09. The average molecular weight is 234 g/mol. The lowest BCUT2D eigenvalue weighted by atomic mass is 10.1. The molecule has 1 aromatic carbocycles. The molecule has 1 amide bonds. The van der Waals surface area contributed by atoms with Gasteiger partial charge >= 0.3 is 6.09 Å². The zero-order chi connectivity index (χ0) is 12.3. The topological polar surface area (TPSA) is 55.6 Å². The van der Waals surface area contributed by atoms with Gasteiger partial charge in [-0.2, -0.15) is 0 Å². The first-order valence-electron chi connectivity index (χ1n) is 6.01. The summed E-state index contributed by atoms with van der Waals surface area (Å²) >= 11 is 0.